The highest BCUT2D eigenvalue weighted by Crippen LogP contribution is 2.25. The molecule has 0 fully saturated rings. The Labute approximate surface area is 89.4 Å². The average molecular weight is 198 g/mol. The number of benzene rings is 1. The standard InChI is InChI=1S/C13H14N2/c1-4-9(2)10(3)11-5-6-12-13(7-11)15-8-14-12/h4-8,10H,1-2H2,3H3,(H,14,15). The van der Waals surface area contributed by atoms with E-state index in [0.29, 0.717) is 5.92 Å². The number of aromatic nitrogens is 2. The molecule has 76 valence electrons. The number of rotatable bonds is 3. The van der Waals surface area contributed by atoms with E-state index >= 15 is 0 Å². The Bertz CT molecular complexity index is 508. The maximum absolute atomic E-state index is 4.19. The Morgan fingerprint density at radius 1 is 1.53 bits per heavy atom. The van der Waals surface area contributed by atoms with Crippen molar-refractivity contribution in [2.45, 2.75) is 12.8 Å². The van der Waals surface area contributed by atoms with Crippen LogP contribution in [-0.4, -0.2) is 9.97 Å². The van der Waals surface area contributed by atoms with Crippen LogP contribution < -0.4 is 0 Å². The Morgan fingerprint density at radius 3 is 3.07 bits per heavy atom. The number of allylic oxidation sites excluding steroid dienone is 2. The lowest BCUT2D eigenvalue weighted by Crippen LogP contribution is -1.94. The highest BCUT2D eigenvalue weighted by molar-refractivity contribution is 5.75. The molecule has 0 saturated carbocycles. The molecule has 2 heteroatoms. The molecule has 0 aliphatic rings. The molecule has 2 rings (SSSR count). The Hall–Kier alpha value is -1.83. The molecule has 1 atom stereocenters. The normalized spacial score (nSPS) is 12.6. The van der Waals surface area contributed by atoms with Crippen molar-refractivity contribution in [1.82, 2.24) is 9.97 Å². The van der Waals surface area contributed by atoms with E-state index in [1.165, 1.54) is 5.56 Å². The van der Waals surface area contributed by atoms with Crippen molar-refractivity contribution >= 4 is 11.0 Å². The minimum absolute atomic E-state index is 0.301. The first-order valence-electron chi connectivity index (χ1n) is 4.96. The van der Waals surface area contributed by atoms with Gasteiger partial charge in [-0.2, -0.15) is 0 Å². The first kappa shape index (κ1) is 9.71. The molecule has 0 spiro atoms. The van der Waals surface area contributed by atoms with Crippen LogP contribution in [0.1, 0.15) is 18.4 Å². The van der Waals surface area contributed by atoms with E-state index < -0.39 is 0 Å². The summed E-state index contributed by atoms with van der Waals surface area (Å²) in [4.78, 5) is 7.29. The fourth-order valence-corrected chi connectivity index (χ4v) is 1.61. The fraction of sp³-hybridized carbons (Fsp3) is 0.154. The van der Waals surface area contributed by atoms with Crippen LogP contribution in [0, 0.1) is 0 Å². The van der Waals surface area contributed by atoms with Gasteiger partial charge in [-0.25, -0.2) is 4.98 Å². The van der Waals surface area contributed by atoms with Gasteiger partial charge < -0.3 is 4.98 Å². The molecule has 0 radical (unpaired) electrons. The Balaban J connectivity index is 2.43. The Kier molecular flexibility index (Phi) is 2.42. The molecule has 0 aliphatic carbocycles. The third kappa shape index (κ3) is 1.71. The lowest BCUT2D eigenvalue weighted by Gasteiger charge is -2.11. The second-order valence-electron chi connectivity index (χ2n) is 3.68. The molecule has 1 heterocycles. The van der Waals surface area contributed by atoms with E-state index in [1.807, 2.05) is 12.1 Å². The van der Waals surface area contributed by atoms with Gasteiger partial charge in [-0.3, -0.25) is 0 Å². The number of nitrogens with one attached hydrogen (secondary N) is 1. The summed E-state index contributed by atoms with van der Waals surface area (Å²) in [5.74, 6) is 0.301. The van der Waals surface area contributed by atoms with Crippen molar-refractivity contribution in [1.29, 1.82) is 0 Å². The zero-order valence-corrected chi connectivity index (χ0v) is 8.83. The summed E-state index contributed by atoms with van der Waals surface area (Å²) in [6.07, 6.45) is 3.52. The number of hydrogen-bond donors (Lipinski definition) is 1. The lowest BCUT2D eigenvalue weighted by atomic mass is 9.94. The maximum atomic E-state index is 4.19. The minimum Gasteiger partial charge on any atom is -0.345 e. The van der Waals surface area contributed by atoms with Crippen LogP contribution in [0.25, 0.3) is 11.0 Å². The third-order valence-electron chi connectivity index (χ3n) is 2.76. The van der Waals surface area contributed by atoms with E-state index in [2.05, 4.69) is 42.2 Å². The van der Waals surface area contributed by atoms with Gasteiger partial charge in [0.2, 0.25) is 0 Å². The molecule has 15 heavy (non-hydrogen) atoms. The van der Waals surface area contributed by atoms with E-state index in [4.69, 9.17) is 0 Å². The van der Waals surface area contributed by atoms with Gasteiger partial charge in [-0.15, -0.1) is 0 Å². The number of aromatic amines is 1. The summed E-state index contributed by atoms with van der Waals surface area (Å²) in [5, 5.41) is 0. The third-order valence-corrected chi connectivity index (χ3v) is 2.76. The molecular formula is C13H14N2. The summed E-state index contributed by atoms with van der Waals surface area (Å²) in [6.45, 7) is 9.84. The molecule has 1 aromatic carbocycles. The van der Waals surface area contributed by atoms with E-state index in [0.717, 1.165) is 16.6 Å². The summed E-state index contributed by atoms with van der Waals surface area (Å²) < 4.78 is 0. The van der Waals surface area contributed by atoms with E-state index in [-0.39, 0.29) is 0 Å². The van der Waals surface area contributed by atoms with Gasteiger partial charge in [0.15, 0.2) is 0 Å². The van der Waals surface area contributed by atoms with Crippen LogP contribution in [0.2, 0.25) is 0 Å². The largest absolute Gasteiger partial charge is 0.345 e. The number of hydrogen-bond acceptors (Lipinski definition) is 1. The van der Waals surface area contributed by atoms with Crippen molar-refractivity contribution in [2.24, 2.45) is 0 Å². The molecule has 1 N–H and O–H groups in total. The number of imidazole rings is 1. The predicted molar refractivity (Wildman–Crippen MR) is 63.8 cm³/mol. The molecule has 0 aliphatic heterocycles. The van der Waals surface area contributed by atoms with Crippen molar-refractivity contribution in [3.8, 4) is 0 Å². The van der Waals surface area contributed by atoms with Crippen molar-refractivity contribution in [3.63, 3.8) is 0 Å². The van der Waals surface area contributed by atoms with Crippen molar-refractivity contribution in [3.05, 3.63) is 54.9 Å². The lowest BCUT2D eigenvalue weighted by molar-refractivity contribution is 0.929. The van der Waals surface area contributed by atoms with Gasteiger partial charge in [0.25, 0.3) is 0 Å². The molecule has 2 nitrogen and oxygen atoms in total. The quantitative estimate of drug-likeness (QED) is 0.752. The van der Waals surface area contributed by atoms with Crippen LogP contribution in [0.15, 0.2) is 49.3 Å². The first-order chi connectivity index (χ1) is 7.22. The SMILES string of the molecule is C=CC(=C)C(C)c1ccc2nc[nH]c2c1. The predicted octanol–water partition coefficient (Wildman–Crippen LogP) is 3.41. The summed E-state index contributed by atoms with van der Waals surface area (Å²) >= 11 is 0. The molecular weight excluding hydrogens is 184 g/mol. The number of fused-ring (bicyclic) bond motifs is 1. The van der Waals surface area contributed by atoms with E-state index in [9.17, 15) is 0 Å². The summed E-state index contributed by atoms with van der Waals surface area (Å²) in [6, 6.07) is 6.22. The van der Waals surface area contributed by atoms with Gasteiger partial charge in [0.1, 0.15) is 0 Å². The number of nitrogens with zero attached hydrogens (tertiary/aromatic N) is 1. The fourth-order valence-electron chi connectivity index (χ4n) is 1.61. The van der Waals surface area contributed by atoms with Crippen LogP contribution in [0.3, 0.4) is 0 Å². The van der Waals surface area contributed by atoms with Crippen LogP contribution in [0.5, 0.6) is 0 Å². The zero-order chi connectivity index (χ0) is 10.8. The molecule has 2 aromatic rings. The van der Waals surface area contributed by atoms with Gasteiger partial charge >= 0.3 is 0 Å². The van der Waals surface area contributed by atoms with E-state index in [1.54, 1.807) is 6.33 Å². The van der Waals surface area contributed by atoms with Gasteiger partial charge in [-0.1, -0.05) is 32.2 Å². The zero-order valence-electron chi connectivity index (χ0n) is 8.83. The number of H-pyrrole nitrogens is 1. The second kappa shape index (κ2) is 3.73. The summed E-state index contributed by atoms with van der Waals surface area (Å²) in [7, 11) is 0. The van der Waals surface area contributed by atoms with Crippen LogP contribution in [-0.2, 0) is 0 Å². The van der Waals surface area contributed by atoms with Gasteiger partial charge in [0.05, 0.1) is 17.4 Å². The average Bonchev–Trinajstić information content (AvgIpc) is 2.73. The smallest absolute Gasteiger partial charge is 0.0931 e. The monoisotopic (exact) mass is 198 g/mol. The highest BCUT2D eigenvalue weighted by Gasteiger charge is 2.08. The highest BCUT2D eigenvalue weighted by atomic mass is 14.9. The topological polar surface area (TPSA) is 28.7 Å². The second-order valence-corrected chi connectivity index (χ2v) is 3.68. The Morgan fingerprint density at radius 2 is 2.33 bits per heavy atom. The molecule has 1 unspecified atom stereocenters. The van der Waals surface area contributed by atoms with Crippen molar-refractivity contribution in [2.75, 3.05) is 0 Å². The van der Waals surface area contributed by atoms with Gasteiger partial charge in [0, 0.05) is 5.92 Å². The van der Waals surface area contributed by atoms with Crippen LogP contribution >= 0.6 is 0 Å². The molecule has 1 aromatic heterocycles. The maximum Gasteiger partial charge on any atom is 0.0931 e. The molecule has 0 bridgehead atoms. The minimum atomic E-state index is 0.301. The van der Waals surface area contributed by atoms with Crippen molar-refractivity contribution < 1.29 is 0 Å². The molecule has 0 saturated heterocycles. The first-order valence-corrected chi connectivity index (χ1v) is 4.96. The summed E-state index contributed by atoms with van der Waals surface area (Å²) in [5.41, 5.74) is 4.33. The molecule has 0 amide bonds. The van der Waals surface area contributed by atoms with Crippen LogP contribution in [0.4, 0.5) is 0 Å². The van der Waals surface area contributed by atoms with Gasteiger partial charge in [-0.05, 0) is 23.3 Å².